The summed E-state index contributed by atoms with van der Waals surface area (Å²) in [6, 6.07) is 0. The van der Waals surface area contributed by atoms with Crippen LogP contribution in [0.15, 0.2) is 22.1 Å². The average molecular weight is 547 g/mol. The molecule has 0 bridgehead atoms. The molecule has 38 heavy (non-hydrogen) atoms. The molecule has 15 heteroatoms. The standard InChI is InChI=1S/C23H33F3N6O6/c1-31(2)14-29-20-15(12-32(22(37)30-20)19-11-16(34)17(13-33)38-19)7-8-18(35)27-9-5-3-4-6-10-28-21(36)23(24,25)26/h7-8,12,14,16-17,19,33-34H,3-6,9-11,13H2,1-2H3,(H,27,35)(H,28,36)/b8-7+,29-14?/t16?,17-,19-/m1/s1. The number of aromatic nitrogens is 2. The van der Waals surface area contributed by atoms with Crippen molar-refractivity contribution in [3.8, 4) is 0 Å². The lowest BCUT2D eigenvalue weighted by atomic mass is 10.2. The van der Waals surface area contributed by atoms with Gasteiger partial charge >= 0.3 is 17.8 Å². The predicted molar refractivity (Wildman–Crippen MR) is 132 cm³/mol. The Morgan fingerprint density at radius 2 is 1.89 bits per heavy atom. The monoisotopic (exact) mass is 546 g/mol. The second-order valence-electron chi connectivity index (χ2n) is 8.82. The van der Waals surface area contributed by atoms with Crippen molar-refractivity contribution in [1.82, 2.24) is 25.1 Å². The zero-order valence-corrected chi connectivity index (χ0v) is 21.1. The molecule has 0 aliphatic carbocycles. The van der Waals surface area contributed by atoms with E-state index >= 15 is 0 Å². The van der Waals surface area contributed by atoms with Gasteiger partial charge in [0.25, 0.3) is 0 Å². The Morgan fingerprint density at radius 1 is 1.24 bits per heavy atom. The second kappa shape index (κ2) is 14.6. The Morgan fingerprint density at radius 3 is 2.47 bits per heavy atom. The lowest BCUT2D eigenvalue weighted by Crippen LogP contribution is -2.37. The van der Waals surface area contributed by atoms with Crippen LogP contribution < -0.4 is 16.3 Å². The van der Waals surface area contributed by atoms with Gasteiger partial charge in [0.15, 0.2) is 5.82 Å². The topological polar surface area (TPSA) is 158 Å². The molecule has 1 aromatic heterocycles. The largest absolute Gasteiger partial charge is 0.471 e. The van der Waals surface area contributed by atoms with Crippen LogP contribution in [0.3, 0.4) is 0 Å². The van der Waals surface area contributed by atoms with Gasteiger partial charge in [-0.3, -0.25) is 14.2 Å². The number of carbonyl (C=O) groups is 2. The molecule has 0 spiro atoms. The van der Waals surface area contributed by atoms with Crippen LogP contribution in [0.1, 0.15) is 43.9 Å². The molecule has 2 amide bonds. The fourth-order valence-corrected chi connectivity index (χ4v) is 3.47. The number of unbranched alkanes of at least 4 members (excludes halogenated alkanes) is 3. The SMILES string of the molecule is CN(C)C=Nc1nc(=O)n([C@H]2CC(O)[C@@H](CO)O2)cc1/C=C/C(=O)NCCCCCCNC(=O)C(F)(F)F. The summed E-state index contributed by atoms with van der Waals surface area (Å²) in [5, 5.41) is 23.8. The molecule has 0 radical (unpaired) electrons. The van der Waals surface area contributed by atoms with Gasteiger partial charge in [-0.15, -0.1) is 0 Å². The van der Waals surface area contributed by atoms with Gasteiger partial charge in [-0.2, -0.15) is 18.2 Å². The van der Waals surface area contributed by atoms with E-state index in [0.29, 0.717) is 37.8 Å². The van der Waals surface area contributed by atoms with Crippen LogP contribution in [0, 0.1) is 0 Å². The number of nitrogens with one attached hydrogen (secondary N) is 2. The van der Waals surface area contributed by atoms with Gasteiger partial charge in [-0.05, 0) is 18.9 Å². The molecule has 1 aliphatic rings. The predicted octanol–water partition coefficient (Wildman–Crippen LogP) is 0.474. The van der Waals surface area contributed by atoms with E-state index < -0.39 is 48.7 Å². The number of alkyl halides is 3. The fraction of sp³-hybridized carbons (Fsp3) is 0.609. The van der Waals surface area contributed by atoms with E-state index in [1.807, 2.05) is 0 Å². The molecule has 1 fully saturated rings. The summed E-state index contributed by atoms with van der Waals surface area (Å²) in [5.41, 5.74) is -0.337. The highest BCUT2D eigenvalue weighted by atomic mass is 19.4. The number of rotatable bonds is 13. The third-order valence-corrected chi connectivity index (χ3v) is 5.42. The van der Waals surface area contributed by atoms with Crippen LogP contribution in [-0.2, 0) is 14.3 Å². The smallest absolute Gasteiger partial charge is 0.394 e. The van der Waals surface area contributed by atoms with Crippen molar-refractivity contribution in [1.29, 1.82) is 0 Å². The maximum Gasteiger partial charge on any atom is 0.471 e. The average Bonchev–Trinajstić information content (AvgIpc) is 3.22. The van der Waals surface area contributed by atoms with Crippen LogP contribution >= 0.6 is 0 Å². The Kier molecular flexibility index (Phi) is 11.9. The Labute approximate surface area is 217 Å². The molecule has 1 aliphatic heterocycles. The van der Waals surface area contributed by atoms with Gasteiger partial charge in [0.05, 0.1) is 19.0 Å². The molecule has 2 heterocycles. The Bertz CT molecular complexity index is 1060. The summed E-state index contributed by atoms with van der Waals surface area (Å²) in [7, 11) is 3.46. The molecule has 12 nitrogen and oxygen atoms in total. The van der Waals surface area contributed by atoms with Crippen molar-refractivity contribution in [3.05, 3.63) is 28.3 Å². The fourth-order valence-electron chi connectivity index (χ4n) is 3.47. The number of carbonyl (C=O) groups excluding carboxylic acids is 2. The number of aliphatic hydroxyl groups is 2. The lowest BCUT2D eigenvalue weighted by molar-refractivity contribution is -0.173. The van der Waals surface area contributed by atoms with E-state index in [4.69, 9.17) is 4.74 Å². The number of hydrogen-bond acceptors (Lipinski definition) is 8. The highest BCUT2D eigenvalue weighted by molar-refractivity contribution is 5.92. The molecule has 1 unspecified atom stereocenters. The Hall–Kier alpha value is -3.30. The van der Waals surface area contributed by atoms with Crippen molar-refractivity contribution in [2.45, 2.75) is 56.7 Å². The molecule has 0 aromatic carbocycles. The summed E-state index contributed by atoms with van der Waals surface area (Å²) in [6.07, 6.45) is 0.279. The summed E-state index contributed by atoms with van der Waals surface area (Å²) in [6.45, 7) is -0.155. The zero-order valence-electron chi connectivity index (χ0n) is 21.1. The van der Waals surface area contributed by atoms with Gasteiger partial charge < -0.3 is 30.5 Å². The number of halogens is 3. The van der Waals surface area contributed by atoms with Gasteiger partial charge in [0, 0.05) is 51.4 Å². The number of amides is 2. The zero-order chi connectivity index (χ0) is 28.3. The van der Waals surface area contributed by atoms with E-state index in [1.165, 1.54) is 29.3 Å². The summed E-state index contributed by atoms with van der Waals surface area (Å²) >= 11 is 0. The maximum atomic E-state index is 12.6. The number of hydrogen-bond donors (Lipinski definition) is 4. The summed E-state index contributed by atoms with van der Waals surface area (Å²) in [5.74, 6) is -2.31. The number of aliphatic hydroxyl groups excluding tert-OH is 2. The Balaban J connectivity index is 1.93. The normalized spacial score (nSPS) is 19.8. The van der Waals surface area contributed by atoms with Crippen LogP contribution in [-0.4, -0.2) is 95.0 Å². The van der Waals surface area contributed by atoms with Crippen LogP contribution in [0.5, 0.6) is 0 Å². The van der Waals surface area contributed by atoms with E-state index in [0.717, 1.165) is 0 Å². The third-order valence-electron chi connectivity index (χ3n) is 5.42. The lowest BCUT2D eigenvalue weighted by Gasteiger charge is -2.15. The van der Waals surface area contributed by atoms with Gasteiger partial charge in [0.1, 0.15) is 12.3 Å². The molecule has 1 aromatic rings. The van der Waals surface area contributed by atoms with E-state index in [1.54, 1.807) is 24.3 Å². The van der Waals surface area contributed by atoms with Gasteiger partial charge in [-0.1, -0.05) is 12.8 Å². The van der Waals surface area contributed by atoms with Crippen molar-refractivity contribution in [2.24, 2.45) is 4.99 Å². The molecule has 0 saturated carbocycles. The van der Waals surface area contributed by atoms with E-state index in [2.05, 4.69) is 15.3 Å². The van der Waals surface area contributed by atoms with Gasteiger partial charge in [-0.25, -0.2) is 9.79 Å². The van der Waals surface area contributed by atoms with Gasteiger partial charge in [0.2, 0.25) is 5.91 Å². The molecule has 3 atom stereocenters. The number of ether oxygens (including phenoxy) is 1. The highest BCUT2D eigenvalue weighted by Gasteiger charge is 2.38. The van der Waals surface area contributed by atoms with Crippen molar-refractivity contribution in [2.75, 3.05) is 33.8 Å². The first kappa shape index (κ1) is 30.9. The highest BCUT2D eigenvalue weighted by Crippen LogP contribution is 2.28. The molecule has 4 N–H and O–H groups in total. The number of nitrogens with zero attached hydrogens (tertiary/aromatic N) is 4. The minimum Gasteiger partial charge on any atom is -0.394 e. The van der Waals surface area contributed by atoms with Crippen molar-refractivity contribution in [3.63, 3.8) is 0 Å². The number of aliphatic imine (C=N–C) groups is 1. The molecular formula is C23H33F3N6O6. The second-order valence-corrected chi connectivity index (χ2v) is 8.82. The molecular weight excluding hydrogens is 513 g/mol. The summed E-state index contributed by atoms with van der Waals surface area (Å²) in [4.78, 5) is 45.3. The quantitative estimate of drug-likeness (QED) is 0.120. The molecule has 212 valence electrons. The third kappa shape index (κ3) is 9.87. The first-order chi connectivity index (χ1) is 17.9. The molecule has 1 saturated heterocycles. The van der Waals surface area contributed by atoms with Crippen LogP contribution in [0.2, 0.25) is 0 Å². The van der Waals surface area contributed by atoms with Crippen LogP contribution in [0.25, 0.3) is 6.08 Å². The first-order valence-corrected chi connectivity index (χ1v) is 12.0. The van der Waals surface area contributed by atoms with Crippen molar-refractivity contribution < 1.29 is 37.7 Å². The minimum atomic E-state index is -4.89. The molecule has 2 rings (SSSR count). The maximum absolute atomic E-state index is 12.6. The minimum absolute atomic E-state index is 0.0684. The van der Waals surface area contributed by atoms with Crippen LogP contribution in [0.4, 0.5) is 19.0 Å². The summed E-state index contributed by atoms with van der Waals surface area (Å²) < 4.78 is 43.0. The van der Waals surface area contributed by atoms with E-state index in [9.17, 15) is 37.8 Å². The van der Waals surface area contributed by atoms with E-state index in [-0.39, 0.29) is 18.8 Å². The van der Waals surface area contributed by atoms with Crippen molar-refractivity contribution >= 4 is 30.0 Å². The first-order valence-electron chi connectivity index (χ1n) is 12.0.